The second-order valence-electron chi connectivity index (χ2n) is 6.54. The molecule has 2 heterocycles. The number of para-hydroxylation sites is 1. The van der Waals surface area contributed by atoms with Crippen molar-refractivity contribution in [2.75, 3.05) is 26.1 Å². The SMILES string of the molecule is COc1cccc(NC(=O)NCCc2csc3nc(-c4cccc(F)c4)nn23)c1OC. The molecule has 160 valence electrons. The number of nitrogens with one attached hydrogen (secondary N) is 2. The molecule has 2 aromatic carbocycles. The summed E-state index contributed by atoms with van der Waals surface area (Å²) >= 11 is 1.44. The Kier molecular flexibility index (Phi) is 5.99. The maximum atomic E-state index is 13.5. The van der Waals surface area contributed by atoms with E-state index < -0.39 is 0 Å². The number of anilines is 1. The van der Waals surface area contributed by atoms with Gasteiger partial charge in [0.25, 0.3) is 0 Å². The summed E-state index contributed by atoms with van der Waals surface area (Å²) in [6, 6.07) is 11.0. The fourth-order valence-corrected chi connectivity index (χ4v) is 3.96. The lowest BCUT2D eigenvalue weighted by atomic mass is 10.2. The molecule has 2 aromatic heterocycles. The average Bonchev–Trinajstić information content (AvgIpc) is 3.35. The van der Waals surface area contributed by atoms with Crippen molar-refractivity contribution in [3.8, 4) is 22.9 Å². The molecule has 0 saturated heterocycles. The Morgan fingerprint density at radius 2 is 2.03 bits per heavy atom. The molecule has 2 amide bonds. The molecule has 31 heavy (non-hydrogen) atoms. The van der Waals surface area contributed by atoms with Gasteiger partial charge in [-0.3, -0.25) is 0 Å². The van der Waals surface area contributed by atoms with Gasteiger partial charge in [-0.2, -0.15) is 4.98 Å². The molecule has 10 heteroatoms. The average molecular weight is 441 g/mol. The number of urea groups is 1. The molecule has 0 fully saturated rings. The van der Waals surface area contributed by atoms with Crippen LogP contribution < -0.4 is 20.1 Å². The highest BCUT2D eigenvalue weighted by Gasteiger charge is 2.14. The first kappa shape index (κ1) is 20.6. The van der Waals surface area contributed by atoms with Crippen molar-refractivity contribution in [2.45, 2.75) is 6.42 Å². The predicted octanol–water partition coefficient (Wildman–Crippen LogP) is 3.98. The first-order chi connectivity index (χ1) is 15.1. The van der Waals surface area contributed by atoms with Gasteiger partial charge in [0.05, 0.1) is 25.6 Å². The Morgan fingerprint density at radius 3 is 2.81 bits per heavy atom. The molecule has 8 nitrogen and oxygen atoms in total. The standard InChI is InChI=1S/C21H20FN5O3S/c1-29-17-8-4-7-16(18(17)30-2)24-20(28)23-10-9-15-12-31-21-25-19(26-27(15)21)13-5-3-6-14(22)11-13/h3-8,11-12H,9-10H2,1-2H3,(H2,23,24,28). The summed E-state index contributed by atoms with van der Waals surface area (Å²) < 4.78 is 25.8. The molecule has 0 atom stereocenters. The summed E-state index contributed by atoms with van der Waals surface area (Å²) in [6.45, 7) is 0.388. The highest BCUT2D eigenvalue weighted by atomic mass is 32.1. The van der Waals surface area contributed by atoms with Crippen LogP contribution in [0.2, 0.25) is 0 Å². The van der Waals surface area contributed by atoms with Crippen molar-refractivity contribution in [2.24, 2.45) is 0 Å². The maximum Gasteiger partial charge on any atom is 0.319 e. The van der Waals surface area contributed by atoms with E-state index >= 15 is 0 Å². The van der Waals surface area contributed by atoms with Crippen molar-refractivity contribution in [1.82, 2.24) is 19.9 Å². The van der Waals surface area contributed by atoms with Crippen LogP contribution >= 0.6 is 11.3 Å². The van der Waals surface area contributed by atoms with Gasteiger partial charge in [-0.25, -0.2) is 13.7 Å². The molecule has 4 rings (SSSR count). The number of hydrogen-bond donors (Lipinski definition) is 2. The molecule has 0 saturated carbocycles. The van der Waals surface area contributed by atoms with Crippen LogP contribution in [-0.4, -0.2) is 41.4 Å². The lowest BCUT2D eigenvalue weighted by molar-refractivity contribution is 0.252. The summed E-state index contributed by atoms with van der Waals surface area (Å²) in [5.74, 6) is 1.11. The zero-order chi connectivity index (χ0) is 21.8. The molecule has 0 bridgehead atoms. The highest BCUT2D eigenvalue weighted by Crippen LogP contribution is 2.34. The van der Waals surface area contributed by atoms with E-state index in [4.69, 9.17) is 9.47 Å². The third-order valence-corrected chi connectivity index (χ3v) is 5.42. The van der Waals surface area contributed by atoms with Gasteiger partial charge in [0, 0.05) is 23.9 Å². The molecule has 0 aliphatic heterocycles. The molecular weight excluding hydrogens is 421 g/mol. The number of halogens is 1. The number of ether oxygens (including phenoxy) is 2. The van der Waals surface area contributed by atoms with Crippen molar-refractivity contribution < 1.29 is 18.7 Å². The lowest BCUT2D eigenvalue weighted by Crippen LogP contribution is -2.30. The Morgan fingerprint density at radius 1 is 1.19 bits per heavy atom. The van der Waals surface area contributed by atoms with Crippen LogP contribution in [0.4, 0.5) is 14.9 Å². The van der Waals surface area contributed by atoms with Crippen LogP contribution in [0, 0.1) is 5.82 Å². The molecule has 0 spiro atoms. The van der Waals surface area contributed by atoms with Crippen LogP contribution in [0.3, 0.4) is 0 Å². The quantitative estimate of drug-likeness (QED) is 0.453. The molecular formula is C21H20FN5O3S. The zero-order valence-electron chi connectivity index (χ0n) is 16.9. The smallest absolute Gasteiger partial charge is 0.319 e. The minimum atomic E-state index is -0.364. The zero-order valence-corrected chi connectivity index (χ0v) is 17.7. The van der Waals surface area contributed by atoms with E-state index in [0.29, 0.717) is 46.5 Å². The molecule has 2 N–H and O–H groups in total. The Labute approximate surface area is 181 Å². The highest BCUT2D eigenvalue weighted by molar-refractivity contribution is 7.15. The van der Waals surface area contributed by atoms with Gasteiger partial charge in [0.2, 0.25) is 4.96 Å². The van der Waals surface area contributed by atoms with Gasteiger partial charge in [-0.1, -0.05) is 18.2 Å². The van der Waals surface area contributed by atoms with Crippen LogP contribution in [0.5, 0.6) is 11.5 Å². The number of carbonyl (C=O) groups excluding carboxylic acids is 1. The molecule has 0 aliphatic rings. The van der Waals surface area contributed by atoms with E-state index in [-0.39, 0.29) is 11.8 Å². The Balaban J connectivity index is 1.39. The number of methoxy groups -OCH3 is 2. The third kappa shape index (κ3) is 4.43. The van der Waals surface area contributed by atoms with Crippen molar-refractivity contribution in [3.63, 3.8) is 0 Å². The first-order valence-corrected chi connectivity index (χ1v) is 10.3. The minimum absolute atomic E-state index is 0.334. The fraction of sp³-hybridized carbons (Fsp3) is 0.190. The number of hydrogen-bond acceptors (Lipinski definition) is 6. The Hall–Kier alpha value is -3.66. The topological polar surface area (TPSA) is 89.8 Å². The van der Waals surface area contributed by atoms with Gasteiger partial charge in [0.15, 0.2) is 17.3 Å². The van der Waals surface area contributed by atoms with Crippen LogP contribution in [0.25, 0.3) is 16.3 Å². The molecule has 0 radical (unpaired) electrons. The number of rotatable bonds is 7. The third-order valence-electron chi connectivity index (χ3n) is 4.55. The van der Waals surface area contributed by atoms with E-state index in [1.807, 2.05) is 5.38 Å². The van der Waals surface area contributed by atoms with Gasteiger partial charge in [-0.05, 0) is 24.3 Å². The van der Waals surface area contributed by atoms with E-state index in [2.05, 4.69) is 20.7 Å². The number of carbonyl (C=O) groups is 1. The van der Waals surface area contributed by atoms with E-state index in [0.717, 1.165) is 5.69 Å². The van der Waals surface area contributed by atoms with Gasteiger partial charge < -0.3 is 20.1 Å². The maximum absolute atomic E-state index is 13.5. The number of thiazole rings is 1. The number of amides is 2. The lowest BCUT2D eigenvalue weighted by Gasteiger charge is -2.13. The van der Waals surface area contributed by atoms with E-state index in [9.17, 15) is 9.18 Å². The van der Waals surface area contributed by atoms with Crippen LogP contribution in [-0.2, 0) is 6.42 Å². The van der Waals surface area contributed by atoms with Gasteiger partial charge in [-0.15, -0.1) is 16.4 Å². The van der Waals surface area contributed by atoms with Crippen molar-refractivity contribution >= 4 is 28.0 Å². The van der Waals surface area contributed by atoms with Crippen LogP contribution in [0.1, 0.15) is 5.69 Å². The Bertz CT molecular complexity index is 1220. The van der Waals surface area contributed by atoms with Gasteiger partial charge in [0.1, 0.15) is 5.82 Å². The summed E-state index contributed by atoms with van der Waals surface area (Å²) in [5, 5.41) is 12.0. The van der Waals surface area contributed by atoms with Crippen LogP contribution in [0.15, 0.2) is 47.8 Å². The number of aromatic nitrogens is 3. The number of fused-ring (bicyclic) bond motifs is 1. The van der Waals surface area contributed by atoms with Gasteiger partial charge >= 0.3 is 6.03 Å². The predicted molar refractivity (Wildman–Crippen MR) is 117 cm³/mol. The monoisotopic (exact) mass is 441 g/mol. The summed E-state index contributed by atoms with van der Waals surface area (Å²) in [5.41, 5.74) is 2.02. The second kappa shape index (κ2) is 9.00. The number of nitrogens with zero attached hydrogens (tertiary/aromatic N) is 3. The van der Waals surface area contributed by atoms with Crippen molar-refractivity contribution in [3.05, 3.63) is 59.4 Å². The molecule has 0 aliphatic carbocycles. The minimum Gasteiger partial charge on any atom is -0.493 e. The summed E-state index contributed by atoms with van der Waals surface area (Å²) in [7, 11) is 3.05. The normalized spacial score (nSPS) is 10.8. The van der Waals surface area contributed by atoms with E-state index in [1.165, 1.54) is 37.7 Å². The fourth-order valence-electron chi connectivity index (χ4n) is 3.10. The summed E-state index contributed by atoms with van der Waals surface area (Å²) in [6.07, 6.45) is 0.550. The largest absolute Gasteiger partial charge is 0.493 e. The first-order valence-electron chi connectivity index (χ1n) is 9.44. The van der Waals surface area contributed by atoms with Crippen molar-refractivity contribution in [1.29, 1.82) is 0 Å². The number of benzene rings is 2. The molecule has 4 aromatic rings. The summed E-state index contributed by atoms with van der Waals surface area (Å²) in [4.78, 5) is 17.5. The molecule has 0 unspecified atom stereocenters. The second-order valence-corrected chi connectivity index (χ2v) is 7.38. The van der Waals surface area contributed by atoms with E-state index in [1.54, 1.807) is 34.8 Å².